The number of amides is 1. The molecule has 0 saturated heterocycles. The van der Waals surface area contributed by atoms with Crippen molar-refractivity contribution < 1.29 is 4.79 Å². The molecule has 150 valence electrons. The van der Waals surface area contributed by atoms with Crippen LogP contribution < -0.4 is 5.43 Å². The number of hydrogen-bond acceptors (Lipinski definition) is 5. The van der Waals surface area contributed by atoms with Crippen molar-refractivity contribution in [2.75, 3.05) is 5.75 Å². The lowest BCUT2D eigenvalue weighted by molar-refractivity contribution is -0.118. The Morgan fingerprint density at radius 1 is 1.10 bits per heavy atom. The number of aromatic nitrogens is 3. The monoisotopic (exact) mass is 407 g/mol. The van der Waals surface area contributed by atoms with Gasteiger partial charge < -0.3 is 0 Å². The van der Waals surface area contributed by atoms with Crippen molar-refractivity contribution in [3.8, 4) is 17.1 Å². The third-order valence-corrected chi connectivity index (χ3v) is 5.62. The van der Waals surface area contributed by atoms with Crippen molar-refractivity contribution in [3.63, 3.8) is 0 Å². The highest BCUT2D eigenvalue weighted by Gasteiger charge is 2.17. The molecule has 0 aliphatic heterocycles. The Bertz CT molecular complexity index is 969. The molecule has 0 unspecified atom stereocenters. The lowest BCUT2D eigenvalue weighted by Crippen LogP contribution is -2.22. The van der Waals surface area contributed by atoms with Gasteiger partial charge in [0.2, 0.25) is 0 Å². The van der Waals surface area contributed by atoms with Gasteiger partial charge in [0.15, 0.2) is 11.0 Å². The number of para-hydroxylation sites is 1. The fourth-order valence-electron chi connectivity index (χ4n) is 2.67. The van der Waals surface area contributed by atoms with Gasteiger partial charge >= 0.3 is 0 Å². The van der Waals surface area contributed by atoms with Gasteiger partial charge in [0.1, 0.15) is 0 Å². The van der Waals surface area contributed by atoms with E-state index in [0.717, 1.165) is 29.2 Å². The minimum absolute atomic E-state index is 0.165. The zero-order chi connectivity index (χ0) is 20.6. The Kier molecular flexibility index (Phi) is 7.19. The lowest BCUT2D eigenvalue weighted by atomic mass is 10.1. The van der Waals surface area contributed by atoms with E-state index in [1.165, 1.54) is 11.8 Å². The molecular weight excluding hydrogens is 382 g/mol. The maximum Gasteiger partial charge on any atom is 0.250 e. The highest BCUT2D eigenvalue weighted by atomic mass is 32.2. The summed E-state index contributed by atoms with van der Waals surface area (Å²) in [6, 6.07) is 19.8. The standard InChI is InChI=1S/C22H25N5OS/c1-4-16(2)17(3)23-24-20(28)15-29-22-26-25-21(18-11-7-5-8-12-18)27(22)19-13-9-6-10-14-19/h5-14,16H,4,15H2,1-3H3,(H,24,28)/b23-17-/t16-/m0/s1. The molecule has 3 aromatic rings. The van der Waals surface area contributed by atoms with Crippen LogP contribution in [0.25, 0.3) is 17.1 Å². The van der Waals surface area contributed by atoms with Crippen molar-refractivity contribution in [2.45, 2.75) is 32.3 Å². The zero-order valence-corrected chi connectivity index (χ0v) is 17.7. The number of nitrogens with zero attached hydrogens (tertiary/aromatic N) is 4. The molecule has 3 rings (SSSR count). The fourth-order valence-corrected chi connectivity index (χ4v) is 3.41. The summed E-state index contributed by atoms with van der Waals surface area (Å²) in [6.07, 6.45) is 0.988. The van der Waals surface area contributed by atoms with E-state index in [1.807, 2.05) is 72.2 Å². The maximum absolute atomic E-state index is 12.3. The summed E-state index contributed by atoms with van der Waals surface area (Å²) in [7, 11) is 0. The summed E-state index contributed by atoms with van der Waals surface area (Å²) in [5.41, 5.74) is 5.47. The number of hydrazone groups is 1. The molecule has 6 nitrogen and oxygen atoms in total. The van der Waals surface area contributed by atoms with Gasteiger partial charge in [-0.1, -0.05) is 74.1 Å². The van der Waals surface area contributed by atoms with Crippen LogP contribution in [0.4, 0.5) is 0 Å². The lowest BCUT2D eigenvalue weighted by Gasteiger charge is -2.10. The van der Waals surface area contributed by atoms with Crippen molar-refractivity contribution >= 4 is 23.4 Å². The largest absolute Gasteiger partial charge is 0.272 e. The Hall–Kier alpha value is -2.93. The van der Waals surface area contributed by atoms with E-state index in [-0.39, 0.29) is 11.7 Å². The first kappa shape index (κ1) is 20.8. The predicted octanol–water partition coefficient (Wildman–Crippen LogP) is 4.56. The molecule has 1 amide bonds. The molecule has 1 aromatic heterocycles. The smallest absolute Gasteiger partial charge is 0.250 e. The van der Waals surface area contributed by atoms with Crippen LogP contribution in [-0.4, -0.2) is 32.1 Å². The Morgan fingerprint density at radius 2 is 1.76 bits per heavy atom. The molecule has 0 aliphatic rings. The molecule has 0 saturated carbocycles. The normalized spacial score (nSPS) is 12.6. The number of thioether (sulfide) groups is 1. The summed E-state index contributed by atoms with van der Waals surface area (Å²) in [5.74, 6) is 1.13. The van der Waals surface area contributed by atoms with Crippen molar-refractivity contribution in [3.05, 3.63) is 60.7 Å². The number of hydrogen-bond donors (Lipinski definition) is 1. The van der Waals surface area contributed by atoms with Crippen molar-refractivity contribution in [1.29, 1.82) is 0 Å². The van der Waals surface area contributed by atoms with E-state index >= 15 is 0 Å². The van der Waals surface area contributed by atoms with Crippen molar-refractivity contribution in [2.24, 2.45) is 11.0 Å². The number of nitrogens with one attached hydrogen (secondary N) is 1. The molecule has 0 spiro atoms. The average molecular weight is 408 g/mol. The van der Waals surface area contributed by atoms with Gasteiger partial charge in [0.05, 0.1) is 5.75 Å². The van der Waals surface area contributed by atoms with Crippen molar-refractivity contribution in [1.82, 2.24) is 20.2 Å². The molecule has 1 N–H and O–H groups in total. The van der Waals surface area contributed by atoms with Crippen LogP contribution in [0, 0.1) is 5.92 Å². The first-order valence-corrected chi connectivity index (χ1v) is 10.6. The summed E-state index contributed by atoms with van der Waals surface area (Å²) in [6.45, 7) is 6.12. The van der Waals surface area contributed by atoms with E-state index in [2.05, 4.69) is 34.6 Å². The van der Waals surface area contributed by atoms with Gasteiger partial charge in [0, 0.05) is 17.0 Å². The Labute approximate surface area is 175 Å². The molecule has 0 aliphatic carbocycles. The summed E-state index contributed by atoms with van der Waals surface area (Å²) in [4.78, 5) is 12.3. The van der Waals surface area contributed by atoms with Gasteiger partial charge in [-0.15, -0.1) is 10.2 Å². The third-order valence-electron chi connectivity index (χ3n) is 4.69. The number of carbonyl (C=O) groups is 1. The molecule has 0 radical (unpaired) electrons. The molecule has 29 heavy (non-hydrogen) atoms. The number of rotatable bonds is 8. The van der Waals surface area contributed by atoms with E-state index in [1.54, 1.807) is 0 Å². The van der Waals surface area contributed by atoms with Gasteiger partial charge in [0.25, 0.3) is 5.91 Å². The fraction of sp³-hybridized carbons (Fsp3) is 0.273. The van der Waals surface area contributed by atoms with Crippen LogP contribution in [-0.2, 0) is 4.79 Å². The Morgan fingerprint density at radius 3 is 2.41 bits per heavy atom. The van der Waals surface area contributed by atoms with Crippen LogP contribution in [0.2, 0.25) is 0 Å². The first-order chi connectivity index (χ1) is 14.1. The van der Waals surface area contributed by atoms with Crippen LogP contribution in [0.15, 0.2) is 70.9 Å². The maximum atomic E-state index is 12.3. The second-order valence-corrected chi connectivity index (χ2v) is 7.67. The van der Waals surface area contributed by atoms with Gasteiger partial charge in [-0.3, -0.25) is 9.36 Å². The number of benzene rings is 2. The molecule has 0 bridgehead atoms. The zero-order valence-electron chi connectivity index (χ0n) is 16.9. The van der Waals surface area contributed by atoms with Crippen LogP contribution >= 0.6 is 11.8 Å². The first-order valence-electron chi connectivity index (χ1n) is 9.62. The Balaban J connectivity index is 1.80. The quantitative estimate of drug-likeness (QED) is 0.337. The highest BCUT2D eigenvalue weighted by molar-refractivity contribution is 7.99. The second kappa shape index (κ2) is 10.0. The van der Waals surface area contributed by atoms with Crippen LogP contribution in [0.1, 0.15) is 27.2 Å². The molecule has 1 atom stereocenters. The number of carbonyl (C=O) groups excluding carboxylic acids is 1. The van der Waals surface area contributed by atoms with E-state index in [0.29, 0.717) is 11.1 Å². The third kappa shape index (κ3) is 5.32. The van der Waals surface area contributed by atoms with Gasteiger partial charge in [-0.25, -0.2) is 5.43 Å². The van der Waals surface area contributed by atoms with Crippen LogP contribution in [0.5, 0.6) is 0 Å². The van der Waals surface area contributed by atoms with Crippen LogP contribution in [0.3, 0.4) is 0 Å². The average Bonchev–Trinajstić information content (AvgIpc) is 3.20. The molecule has 7 heteroatoms. The van der Waals surface area contributed by atoms with E-state index < -0.39 is 0 Å². The minimum Gasteiger partial charge on any atom is -0.272 e. The summed E-state index contributed by atoms with van der Waals surface area (Å²) in [5, 5.41) is 13.6. The van der Waals surface area contributed by atoms with E-state index in [4.69, 9.17) is 0 Å². The van der Waals surface area contributed by atoms with E-state index in [9.17, 15) is 4.79 Å². The highest BCUT2D eigenvalue weighted by Crippen LogP contribution is 2.27. The molecule has 0 fully saturated rings. The topological polar surface area (TPSA) is 72.2 Å². The minimum atomic E-state index is -0.165. The van der Waals surface area contributed by atoms with Gasteiger partial charge in [-0.2, -0.15) is 5.10 Å². The molecule has 2 aromatic carbocycles. The van der Waals surface area contributed by atoms with Gasteiger partial charge in [-0.05, 0) is 31.4 Å². The second-order valence-electron chi connectivity index (χ2n) is 6.73. The predicted molar refractivity (Wildman–Crippen MR) is 118 cm³/mol. The molecular formula is C22H25N5OS. The summed E-state index contributed by atoms with van der Waals surface area (Å²) >= 11 is 1.34. The molecule has 1 heterocycles. The summed E-state index contributed by atoms with van der Waals surface area (Å²) < 4.78 is 1.97. The SMILES string of the molecule is CC[C@H](C)/C(C)=N\NC(=O)CSc1nnc(-c2ccccc2)n1-c1ccccc1.